The highest BCUT2D eigenvalue weighted by atomic mass is 16.5. The lowest BCUT2D eigenvalue weighted by molar-refractivity contribution is -0.116. The minimum atomic E-state index is -0.195. The summed E-state index contributed by atoms with van der Waals surface area (Å²) in [6, 6.07) is 13.7. The van der Waals surface area contributed by atoms with Crippen molar-refractivity contribution in [3.8, 4) is 5.75 Å². The number of anilines is 1. The highest BCUT2D eigenvalue weighted by Crippen LogP contribution is 2.38. The van der Waals surface area contributed by atoms with E-state index in [4.69, 9.17) is 18.9 Å². The van der Waals surface area contributed by atoms with Crippen molar-refractivity contribution >= 4 is 22.5 Å². The van der Waals surface area contributed by atoms with E-state index in [1.165, 1.54) is 33.7 Å². The zero-order valence-electron chi connectivity index (χ0n) is 27.1. The Morgan fingerprint density at radius 3 is 2.56 bits per heavy atom. The number of benzene rings is 2. The number of hydrogen-bond acceptors (Lipinski definition) is 8. The molecule has 0 bridgehead atoms. The van der Waals surface area contributed by atoms with Crippen LogP contribution >= 0.6 is 0 Å². The number of aromatic nitrogens is 1. The molecule has 1 amide bonds. The van der Waals surface area contributed by atoms with Gasteiger partial charge in [0.05, 0.1) is 51.8 Å². The molecular formula is C35H49N5O5. The van der Waals surface area contributed by atoms with E-state index in [0.717, 1.165) is 50.6 Å². The van der Waals surface area contributed by atoms with Crippen LogP contribution in [0.2, 0.25) is 0 Å². The molecular weight excluding hydrogens is 570 g/mol. The van der Waals surface area contributed by atoms with Gasteiger partial charge in [-0.3, -0.25) is 9.69 Å². The smallest absolute Gasteiger partial charge is 0.243 e. The molecule has 1 fully saturated rings. The third kappa shape index (κ3) is 8.65. The molecule has 2 N–H and O–H groups in total. The molecule has 10 nitrogen and oxygen atoms in total. The lowest BCUT2D eigenvalue weighted by atomic mass is 9.93. The zero-order valence-corrected chi connectivity index (χ0v) is 27.1. The Hall–Kier alpha value is -3.41. The number of nitrogens with one attached hydrogen (secondary N) is 2. The second-order valence-corrected chi connectivity index (χ2v) is 12.0. The third-order valence-corrected chi connectivity index (χ3v) is 8.69. The maximum absolute atomic E-state index is 11.1. The number of para-hydroxylation sites is 1. The molecule has 5 rings (SSSR count). The Morgan fingerprint density at radius 2 is 1.80 bits per heavy atom. The van der Waals surface area contributed by atoms with E-state index in [1.54, 1.807) is 0 Å². The topological polar surface area (TPSA) is 89.5 Å². The highest BCUT2D eigenvalue weighted by Gasteiger charge is 2.37. The van der Waals surface area contributed by atoms with Crippen LogP contribution in [0.1, 0.15) is 22.6 Å². The molecule has 2 atom stereocenters. The van der Waals surface area contributed by atoms with Gasteiger partial charge in [0.1, 0.15) is 5.75 Å². The van der Waals surface area contributed by atoms with E-state index in [-0.39, 0.29) is 5.91 Å². The van der Waals surface area contributed by atoms with Crippen LogP contribution < -0.4 is 15.4 Å². The minimum absolute atomic E-state index is 0.195. The van der Waals surface area contributed by atoms with Crippen LogP contribution in [-0.2, 0) is 39.0 Å². The number of aryl methyl sites for hydroxylation is 1. The molecule has 1 saturated heterocycles. The molecule has 2 aliphatic rings. The largest absolute Gasteiger partial charge is 0.493 e. The summed E-state index contributed by atoms with van der Waals surface area (Å²) >= 11 is 0. The number of carbonyl (C=O) groups excluding carboxylic acids is 1. The van der Waals surface area contributed by atoms with Crippen LogP contribution in [-0.4, -0.2) is 113 Å². The van der Waals surface area contributed by atoms with Crippen LogP contribution in [0.25, 0.3) is 10.9 Å². The van der Waals surface area contributed by atoms with E-state index in [2.05, 4.69) is 95.3 Å². The Kier molecular flexibility index (Phi) is 11.9. The van der Waals surface area contributed by atoms with E-state index >= 15 is 0 Å². The third-order valence-electron chi connectivity index (χ3n) is 8.69. The SMILES string of the molecule is C=CC(=O)NCCOCCOCCOCCNc1ccc2c([C@H]3CN(Cc4cccc5c4OCC5)C[C@@H]3N(C)C)cn(C)c2c1. The van der Waals surface area contributed by atoms with Crippen molar-refractivity contribution in [3.63, 3.8) is 0 Å². The Labute approximate surface area is 267 Å². The van der Waals surface area contributed by atoms with Gasteiger partial charge in [-0.15, -0.1) is 0 Å². The van der Waals surface area contributed by atoms with Gasteiger partial charge < -0.3 is 39.0 Å². The second-order valence-electron chi connectivity index (χ2n) is 12.0. The molecule has 1 aromatic heterocycles. The van der Waals surface area contributed by atoms with Gasteiger partial charge in [0.2, 0.25) is 5.91 Å². The lowest BCUT2D eigenvalue weighted by Gasteiger charge is -2.25. The number of carbonyl (C=O) groups is 1. The number of ether oxygens (including phenoxy) is 4. The summed E-state index contributed by atoms with van der Waals surface area (Å²) in [7, 11) is 6.56. The zero-order chi connectivity index (χ0) is 31.6. The molecule has 10 heteroatoms. The summed E-state index contributed by atoms with van der Waals surface area (Å²) in [6.07, 6.45) is 4.59. The number of fused-ring (bicyclic) bond motifs is 2. The minimum Gasteiger partial charge on any atom is -0.493 e. The van der Waals surface area contributed by atoms with Gasteiger partial charge in [0.15, 0.2) is 0 Å². The van der Waals surface area contributed by atoms with Crippen LogP contribution in [0.5, 0.6) is 5.75 Å². The van der Waals surface area contributed by atoms with Crippen molar-refractivity contribution in [2.24, 2.45) is 7.05 Å². The van der Waals surface area contributed by atoms with E-state index < -0.39 is 0 Å². The Balaban J connectivity index is 1.06. The summed E-state index contributed by atoms with van der Waals surface area (Å²) in [5.41, 5.74) is 6.39. The number of likely N-dealkylation sites (tertiary alicyclic amines) is 1. The number of amides is 1. The molecule has 244 valence electrons. The van der Waals surface area contributed by atoms with Gasteiger partial charge in [0, 0.05) is 81.0 Å². The molecule has 2 aliphatic heterocycles. The van der Waals surface area contributed by atoms with Crippen molar-refractivity contribution in [2.45, 2.75) is 24.9 Å². The van der Waals surface area contributed by atoms with E-state index in [9.17, 15) is 4.79 Å². The van der Waals surface area contributed by atoms with Crippen LogP contribution in [0.15, 0.2) is 55.3 Å². The molecule has 3 aromatic rings. The lowest BCUT2D eigenvalue weighted by Crippen LogP contribution is -2.34. The van der Waals surface area contributed by atoms with Gasteiger partial charge in [0.25, 0.3) is 0 Å². The quantitative estimate of drug-likeness (QED) is 0.166. The predicted octanol–water partition coefficient (Wildman–Crippen LogP) is 3.41. The fraction of sp³-hybridized carbons (Fsp3) is 0.514. The second kappa shape index (κ2) is 16.2. The molecule has 0 unspecified atom stereocenters. The van der Waals surface area contributed by atoms with Crippen molar-refractivity contribution < 1.29 is 23.7 Å². The first-order valence-corrected chi connectivity index (χ1v) is 16.0. The summed E-state index contributed by atoms with van der Waals surface area (Å²) < 4.78 is 24.9. The molecule has 45 heavy (non-hydrogen) atoms. The van der Waals surface area contributed by atoms with Gasteiger partial charge in [-0.05, 0) is 43.4 Å². The number of nitrogens with zero attached hydrogens (tertiary/aromatic N) is 3. The van der Waals surface area contributed by atoms with E-state index in [0.29, 0.717) is 58.1 Å². The normalized spacial score (nSPS) is 18.0. The van der Waals surface area contributed by atoms with Gasteiger partial charge >= 0.3 is 0 Å². The number of hydrogen-bond donors (Lipinski definition) is 2. The number of rotatable bonds is 18. The standard InChI is InChI=1S/C35H49N5O5/c1-5-34(41)37-13-16-43-18-20-44-19-17-42-15-12-36-28-9-10-29-30(23-39(4)32(29)21-28)31-24-40(25-33(31)38(2)3)22-27-8-6-7-26-11-14-45-35(26)27/h5-10,21,23,31,33,36H,1,11-20,22,24-25H2,2-4H3,(H,37,41)/t31-,33+/m1/s1. The summed E-state index contributed by atoms with van der Waals surface area (Å²) in [6.45, 7) is 11.4. The van der Waals surface area contributed by atoms with Crippen molar-refractivity contribution in [2.75, 3.05) is 91.8 Å². The summed E-state index contributed by atoms with van der Waals surface area (Å²) in [5, 5.41) is 7.49. The van der Waals surface area contributed by atoms with Gasteiger partial charge in [-0.1, -0.05) is 30.8 Å². The highest BCUT2D eigenvalue weighted by molar-refractivity contribution is 5.88. The van der Waals surface area contributed by atoms with Crippen molar-refractivity contribution in [1.82, 2.24) is 19.7 Å². The molecule has 0 radical (unpaired) electrons. The Bertz CT molecular complexity index is 1420. The predicted molar refractivity (Wildman–Crippen MR) is 178 cm³/mol. The average molecular weight is 620 g/mol. The van der Waals surface area contributed by atoms with Crippen molar-refractivity contribution in [1.29, 1.82) is 0 Å². The molecule has 0 spiro atoms. The van der Waals surface area contributed by atoms with Gasteiger partial charge in [-0.2, -0.15) is 0 Å². The first-order chi connectivity index (χ1) is 21.9. The van der Waals surface area contributed by atoms with Crippen LogP contribution in [0.3, 0.4) is 0 Å². The molecule has 0 aliphatic carbocycles. The molecule has 2 aromatic carbocycles. The monoisotopic (exact) mass is 619 g/mol. The summed E-state index contributed by atoms with van der Waals surface area (Å²) in [5.74, 6) is 1.34. The number of likely N-dealkylation sites (N-methyl/N-ethyl adjacent to an activating group) is 1. The van der Waals surface area contributed by atoms with Crippen molar-refractivity contribution in [3.05, 3.63) is 71.9 Å². The average Bonchev–Trinajstić information content (AvgIpc) is 3.77. The van der Waals surface area contributed by atoms with Crippen LogP contribution in [0.4, 0.5) is 5.69 Å². The maximum Gasteiger partial charge on any atom is 0.243 e. The van der Waals surface area contributed by atoms with Crippen LogP contribution in [0, 0.1) is 0 Å². The first kappa shape index (κ1) is 33.0. The fourth-order valence-electron chi connectivity index (χ4n) is 6.42. The molecule has 0 saturated carbocycles. The fourth-order valence-corrected chi connectivity index (χ4v) is 6.42. The van der Waals surface area contributed by atoms with E-state index in [1.807, 2.05) is 0 Å². The van der Waals surface area contributed by atoms with Gasteiger partial charge in [-0.25, -0.2) is 0 Å². The maximum atomic E-state index is 11.1. The molecule has 3 heterocycles. The Morgan fingerprint density at radius 1 is 1.04 bits per heavy atom. The first-order valence-electron chi connectivity index (χ1n) is 16.0. The summed E-state index contributed by atoms with van der Waals surface area (Å²) in [4.78, 5) is 16.0.